The molecule has 1 atom stereocenters. The van der Waals surface area contributed by atoms with Crippen LogP contribution in [0.4, 0.5) is 5.69 Å². The number of anilines is 1. The summed E-state index contributed by atoms with van der Waals surface area (Å²) >= 11 is 0. The molecule has 2 heterocycles. The SMILES string of the molecule is COc1ccccc1NC(=O)C[C@@H]1C(=O)NCCN1C(=O)CN1CCN(C=O)CC1. The van der Waals surface area contributed by atoms with E-state index in [1.807, 2.05) is 4.90 Å². The molecule has 1 aromatic rings. The number of nitrogens with one attached hydrogen (secondary N) is 2. The summed E-state index contributed by atoms with van der Waals surface area (Å²) in [7, 11) is 1.51. The molecule has 0 radical (unpaired) electrons. The van der Waals surface area contributed by atoms with Gasteiger partial charge in [-0.1, -0.05) is 12.1 Å². The third-order valence-electron chi connectivity index (χ3n) is 5.33. The first-order valence-electron chi connectivity index (χ1n) is 9.93. The van der Waals surface area contributed by atoms with Gasteiger partial charge in [0.25, 0.3) is 0 Å². The average molecular weight is 417 g/mol. The molecule has 4 amide bonds. The van der Waals surface area contributed by atoms with E-state index in [-0.39, 0.29) is 30.7 Å². The van der Waals surface area contributed by atoms with Crippen LogP contribution in [-0.2, 0) is 19.2 Å². The van der Waals surface area contributed by atoms with E-state index in [9.17, 15) is 19.2 Å². The standard InChI is InChI=1S/C20H27N5O5/c1-30-17-5-3-2-4-15(17)22-18(27)12-16-20(29)21-6-7-25(16)19(28)13-23-8-10-24(14-26)11-9-23/h2-5,14,16H,6-13H2,1H3,(H,21,29)(H,22,27)/t16-/m1/s1. The molecule has 2 N–H and O–H groups in total. The molecule has 2 aliphatic rings. The number of piperazine rings is 2. The summed E-state index contributed by atoms with van der Waals surface area (Å²) in [6.07, 6.45) is 0.666. The normalized spacial score (nSPS) is 19.8. The zero-order valence-corrected chi connectivity index (χ0v) is 17.0. The number of benzene rings is 1. The van der Waals surface area contributed by atoms with Crippen molar-refractivity contribution in [3.05, 3.63) is 24.3 Å². The average Bonchev–Trinajstić information content (AvgIpc) is 2.76. The van der Waals surface area contributed by atoms with Crippen molar-refractivity contribution >= 4 is 29.8 Å². The Hall–Kier alpha value is -3.14. The predicted molar refractivity (Wildman–Crippen MR) is 109 cm³/mol. The number of para-hydroxylation sites is 2. The molecule has 0 bridgehead atoms. The fraction of sp³-hybridized carbons (Fsp3) is 0.500. The van der Waals surface area contributed by atoms with E-state index in [1.54, 1.807) is 29.2 Å². The van der Waals surface area contributed by atoms with Gasteiger partial charge in [-0.05, 0) is 12.1 Å². The number of hydrogen-bond donors (Lipinski definition) is 2. The Kier molecular flexibility index (Phi) is 7.23. The summed E-state index contributed by atoms with van der Waals surface area (Å²) in [5.74, 6) is -0.393. The summed E-state index contributed by atoms with van der Waals surface area (Å²) in [5, 5.41) is 5.48. The molecule has 30 heavy (non-hydrogen) atoms. The second kappa shape index (κ2) is 10.1. The highest BCUT2D eigenvalue weighted by Crippen LogP contribution is 2.23. The molecule has 3 rings (SSSR count). The molecule has 0 unspecified atom stereocenters. The van der Waals surface area contributed by atoms with Crippen molar-refractivity contribution in [1.82, 2.24) is 20.0 Å². The van der Waals surface area contributed by atoms with Crippen LogP contribution in [0.2, 0.25) is 0 Å². The zero-order chi connectivity index (χ0) is 21.5. The second-order valence-electron chi connectivity index (χ2n) is 7.26. The van der Waals surface area contributed by atoms with Crippen LogP contribution in [0.3, 0.4) is 0 Å². The van der Waals surface area contributed by atoms with Gasteiger partial charge in [0.15, 0.2) is 0 Å². The molecule has 10 heteroatoms. The smallest absolute Gasteiger partial charge is 0.243 e. The lowest BCUT2D eigenvalue weighted by Gasteiger charge is -2.37. The van der Waals surface area contributed by atoms with Gasteiger partial charge < -0.3 is 25.2 Å². The zero-order valence-electron chi connectivity index (χ0n) is 17.0. The Morgan fingerprint density at radius 1 is 1.20 bits per heavy atom. The molecule has 2 fully saturated rings. The van der Waals surface area contributed by atoms with Crippen LogP contribution in [0.5, 0.6) is 5.75 Å². The molecule has 0 saturated carbocycles. The Balaban J connectivity index is 1.61. The van der Waals surface area contributed by atoms with Gasteiger partial charge in [0.05, 0.1) is 25.8 Å². The summed E-state index contributed by atoms with van der Waals surface area (Å²) in [5.41, 5.74) is 0.507. The van der Waals surface area contributed by atoms with E-state index in [0.29, 0.717) is 50.7 Å². The van der Waals surface area contributed by atoms with E-state index >= 15 is 0 Å². The Morgan fingerprint density at radius 3 is 2.63 bits per heavy atom. The third kappa shape index (κ3) is 5.26. The number of hydrogen-bond acceptors (Lipinski definition) is 6. The van der Waals surface area contributed by atoms with E-state index in [0.717, 1.165) is 6.41 Å². The van der Waals surface area contributed by atoms with Crippen LogP contribution >= 0.6 is 0 Å². The molecule has 0 spiro atoms. The van der Waals surface area contributed by atoms with Gasteiger partial charge in [-0.3, -0.25) is 24.1 Å². The third-order valence-corrected chi connectivity index (χ3v) is 5.33. The van der Waals surface area contributed by atoms with Crippen molar-refractivity contribution < 1.29 is 23.9 Å². The number of carbonyl (C=O) groups is 4. The van der Waals surface area contributed by atoms with Gasteiger partial charge in [-0.25, -0.2) is 0 Å². The molecule has 1 aromatic carbocycles. The van der Waals surface area contributed by atoms with Gasteiger partial charge in [0.1, 0.15) is 11.8 Å². The first kappa shape index (κ1) is 21.6. The van der Waals surface area contributed by atoms with Crippen molar-refractivity contribution in [3.63, 3.8) is 0 Å². The molecular weight excluding hydrogens is 390 g/mol. The number of methoxy groups -OCH3 is 1. The van der Waals surface area contributed by atoms with E-state index in [4.69, 9.17) is 4.74 Å². The van der Waals surface area contributed by atoms with E-state index in [1.165, 1.54) is 12.0 Å². The second-order valence-corrected chi connectivity index (χ2v) is 7.26. The molecule has 2 saturated heterocycles. The van der Waals surface area contributed by atoms with E-state index < -0.39 is 6.04 Å². The van der Waals surface area contributed by atoms with Crippen molar-refractivity contribution in [2.45, 2.75) is 12.5 Å². The number of rotatable bonds is 7. The first-order chi connectivity index (χ1) is 14.5. The van der Waals surface area contributed by atoms with Crippen molar-refractivity contribution in [1.29, 1.82) is 0 Å². The number of carbonyl (C=O) groups excluding carboxylic acids is 4. The fourth-order valence-electron chi connectivity index (χ4n) is 3.65. The summed E-state index contributed by atoms with van der Waals surface area (Å²) < 4.78 is 5.23. The number of nitrogens with zero attached hydrogens (tertiary/aromatic N) is 3. The van der Waals surface area contributed by atoms with Crippen molar-refractivity contribution in [3.8, 4) is 5.75 Å². The maximum absolute atomic E-state index is 12.9. The van der Waals surface area contributed by atoms with Gasteiger partial charge in [-0.15, -0.1) is 0 Å². The molecule has 0 aromatic heterocycles. The highest BCUT2D eigenvalue weighted by molar-refractivity contribution is 5.98. The number of ether oxygens (including phenoxy) is 1. The molecular formula is C20H27N5O5. The lowest BCUT2D eigenvalue weighted by molar-refractivity contribution is -0.145. The minimum absolute atomic E-state index is 0.144. The largest absolute Gasteiger partial charge is 0.495 e. The topological polar surface area (TPSA) is 111 Å². The fourth-order valence-corrected chi connectivity index (χ4v) is 3.65. The highest BCUT2D eigenvalue weighted by Gasteiger charge is 2.35. The predicted octanol–water partition coefficient (Wildman–Crippen LogP) is -0.875. The highest BCUT2D eigenvalue weighted by atomic mass is 16.5. The Labute approximate surface area is 175 Å². The lowest BCUT2D eigenvalue weighted by Crippen LogP contribution is -2.60. The van der Waals surface area contributed by atoms with E-state index in [2.05, 4.69) is 10.6 Å². The summed E-state index contributed by atoms with van der Waals surface area (Å²) in [6.45, 7) is 3.21. The van der Waals surface area contributed by atoms with Crippen LogP contribution in [0.25, 0.3) is 0 Å². The van der Waals surface area contributed by atoms with Crippen LogP contribution in [0, 0.1) is 0 Å². The minimum atomic E-state index is -0.864. The number of amides is 4. The maximum atomic E-state index is 12.9. The molecule has 0 aliphatic carbocycles. The molecule has 2 aliphatic heterocycles. The summed E-state index contributed by atoms with van der Waals surface area (Å²) in [6, 6.07) is 6.13. The maximum Gasteiger partial charge on any atom is 0.243 e. The van der Waals surface area contributed by atoms with Crippen LogP contribution in [-0.4, -0.2) is 97.8 Å². The van der Waals surface area contributed by atoms with Gasteiger partial charge in [0, 0.05) is 39.3 Å². The molecule has 162 valence electrons. The van der Waals surface area contributed by atoms with Crippen molar-refractivity contribution in [2.24, 2.45) is 0 Å². The van der Waals surface area contributed by atoms with Crippen LogP contribution in [0.1, 0.15) is 6.42 Å². The van der Waals surface area contributed by atoms with Gasteiger partial charge >= 0.3 is 0 Å². The monoisotopic (exact) mass is 417 g/mol. The molecule has 10 nitrogen and oxygen atoms in total. The van der Waals surface area contributed by atoms with Gasteiger partial charge in [-0.2, -0.15) is 0 Å². The minimum Gasteiger partial charge on any atom is -0.495 e. The Bertz CT molecular complexity index is 794. The van der Waals surface area contributed by atoms with Crippen LogP contribution in [0.15, 0.2) is 24.3 Å². The van der Waals surface area contributed by atoms with Crippen molar-refractivity contribution in [2.75, 3.05) is 58.2 Å². The Morgan fingerprint density at radius 2 is 1.93 bits per heavy atom. The first-order valence-corrected chi connectivity index (χ1v) is 9.93. The summed E-state index contributed by atoms with van der Waals surface area (Å²) in [4.78, 5) is 53.8. The lowest BCUT2D eigenvalue weighted by atomic mass is 10.1. The van der Waals surface area contributed by atoms with Crippen LogP contribution < -0.4 is 15.4 Å². The quantitative estimate of drug-likeness (QED) is 0.558. The van der Waals surface area contributed by atoms with Gasteiger partial charge in [0.2, 0.25) is 24.1 Å².